The smallest absolute Gasteiger partial charge is 0.222 e. The molecule has 0 aliphatic carbocycles. The molecule has 4 heteroatoms. The molecule has 0 aromatic carbocycles. The van der Waals surface area contributed by atoms with Crippen LogP contribution in [0.1, 0.15) is 32.6 Å². The van der Waals surface area contributed by atoms with Gasteiger partial charge in [0, 0.05) is 31.4 Å². The molecule has 1 amide bonds. The fourth-order valence-electron chi connectivity index (χ4n) is 1.48. The molecule has 0 fully saturated rings. The van der Waals surface area contributed by atoms with Crippen molar-refractivity contribution in [3.05, 3.63) is 0 Å². The predicted molar refractivity (Wildman–Crippen MR) is 73.1 cm³/mol. The van der Waals surface area contributed by atoms with Gasteiger partial charge in [0.15, 0.2) is 0 Å². The highest BCUT2D eigenvalue weighted by atomic mass is 79.9. The molecule has 96 valence electrons. The van der Waals surface area contributed by atoms with Gasteiger partial charge in [-0.15, -0.1) is 0 Å². The van der Waals surface area contributed by atoms with Gasteiger partial charge in [0.2, 0.25) is 5.91 Å². The molecule has 0 aliphatic heterocycles. The minimum Gasteiger partial charge on any atom is -0.341 e. The van der Waals surface area contributed by atoms with E-state index in [1.165, 1.54) is 0 Å². The molecule has 0 spiro atoms. The first-order chi connectivity index (χ1) is 7.61. The second-order valence-electron chi connectivity index (χ2n) is 4.33. The highest BCUT2D eigenvalue weighted by Gasteiger charge is 2.11. The maximum Gasteiger partial charge on any atom is 0.222 e. The Morgan fingerprint density at radius 3 is 2.31 bits per heavy atom. The highest BCUT2D eigenvalue weighted by Crippen LogP contribution is 2.03. The van der Waals surface area contributed by atoms with Crippen molar-refractivity contribution in [2.75, 3.05) is 39.1 Å². The Morgan fingerprint density at radius 2 is 1.81 bits per heavy atom. The van der Waals surface area contributed by atoms with Gasteiger partial charge in [-0.2, -0.15) is 0 Å². The highest BCUT2D eigenvalue weighted by molar-refractivity contribution is 9.09. The number of likely N-dealkylation sites (N-methyl/N-ethyl adjacent to an activating group) is 1. The van der Waals surface area contributed by atoms with Crippen molar-refractivity contribution in [1.29, 1.82) is 0 Å². The van der Waals surface area contributed by atoms with Crippen molar-refractivity contribution in [3.63, 3.8) is 0 Å². The maximum atomic E-state index is 11.9. The predicted octanol–water partition coefficient (Wildman–Crippen LogP) is 2.35. The molecule has 0 radical (unpaired) electrons. The van der Waals surface area contributed by atoms with Crippen LogP contribution in [0.25, 0.3) is 0 Å². The monoisotopic (exact) mass is 292 g/mol. The van der Waals surface area contributed by atoms with Crippen molar-refractivity contribution < 1.29 is 4.79 Å². The SMILES string of the molecule is CCCN(CCN(C)C)C(=O)CCCCBr. The van der Waals surface area contributed by atoms with Crippen LogP contribution in [-0.2, 0) is 4.79 Å². The lowest BCUT2D eigenvalue weighted by Crippen LogP contribution is -2.37. The van der Waals surface area contributed by atoms with Crippen LogP contribution < -0.4 is 0 Å². The number of hydrogen-bond acceptors (Lipinski definition) is 2. The van der Waals surface area contributed by atoms with E-state index in [0.717, 1.165) is 44.2 Å². The van der Waals surface area contributed by atoms with E-state index in [9.17, 15) is 4.79 Å². The van der Waals surface area contributed by atoms with Crippen LogP contribution in [0.2, 0.25) is 0 Å². The third-order valence-electron chi connectivity index (χ3n) is 2.44. The number of unbranched alkanes of at least 4 members (excludes halogenated alkanes) is 1. The van der Waals surface area contributed by atoms with Gasteiger partial charge in [-0.3, -0.25) is 4.79 Å². The Labute approximate surface area is 108 Å². The number of alkyl halides is 1. The van der Waals surface area contributed by atoms with E-state index in [1.54, 1.807) is 0 Å². The van der Waals surface area contributed by atoms with Crippen LogP contribution in [0, 0.1) is 0 Å². The van der Waals surface area contributed by atoms with E-state index in [4.69, 9.17) is 0 Å². The number of nitrogens with zero attached hydrogens (tertiary/aromatic N) is 2. The fraction of sp³-hybridized carbons (Fsp3) is 0.917. The van der Waals surface area contributed by atoms with Gasteiger partial charge in [-0.1, -0.05) is 22.9 Å². The summed E-state index contributed by atoms with van der Waals surface area (Å²) in [6.45, 7) is 4.81. The van der Waals surface area contributed by atoms with Gasteiger partial charge < -0.3 is 9.80 Å². The van der Waals surface area contributed by atoms with Crippen molar-refractivity contribution in [1.82, 2.24) is 9.80 Å². The third kappa shape index (κ3) is 8.11. The van der Waals surface area contributed by atoms with E-state index in [-0.39, 0.29) is 0 Å². The molecule has 0 saturated carbocycles. The summed E-state index contributed by atoms with van der Waals surface area (Å²) in [5.74, 6) is 0.310. The van der Waals surface area contributed by atoms with Crippen LogP contribution >= 0.6 is 15.9 Å². The number of carbonyl (C=O) groups excluding carboxylic acids is 1. The van der Waals surface area contributed by atoms with E-state index in [0.29, 0.717) is 12.3 Å². The third-order valence-corrected chi connectivity index (χ3v) is 3.00. The van der Waals surface area contributed by atoms with Crippen LogP contribution in [0.4, 0.5) is 0 Å². The van der Waals surface area contributed by atoms with E-state index in [1.807, 2.05) is 19.0 Å². The first-order valence-corrected chi connectivity index (χ1v) is 7.22. The average Bonchev–Trinajstić information content (AvgIpc) is 2.24. The lowest BCUT2D eigenvalue weighted by atomic mass is 10.2. The number of hydrogen-bond donors (Lipinski definition) is 0. The minimum absolute atomic E-state index is 0.310. The Bertz CT molecular complexity index is 186. The van der Waals surface area contributed by atoms with Crippen molar-refractivity contribution in [2.24, 2.45) is 0 Å². The summed E-state index contributed by atoms with van der Waals surface area (Å²) < 4.78 is 0. The summed E-state index contributed by atoms with van der Waals surface area (Å²) in [7, 11) is 4.08. The molecule has 0 aliphatic rings. The first kappa shape index (κ1) is 15.9. The normalized spacial score (nSPS) is 10.8. The van der Waals surface area contributed by atoms with E-state index >= 15 is 0 Å². The lowest BCUT2D eigenvalue weighted by Gasteiger charge is -2.24. The molecule has 0 aromatic rings. The Hall–Kier alpha value is -0.0900. The molecular weight excluding hydrogens is 268 g/mol. The molecule has 0 bridgehead atoms. The zero-order chi connectivity index (χ0) is 12.4. The Balaban J connectivity index is 3.92. The van der Waals surface area contributed by atoms with Crippen molar-refractivity contribution >= 4 is 21.8 Å². The second-order valence-corrected chi connectivity index (χ2v) is 5.12. The van der Waals surface area contributed by atoms with E-state index in [2.05, 4.69) is 27.8 Å². The zero-order valence-corrected chi connectivity index (χ0v) is 12.4. The molecule has 0 saturated heterocycles. The van der Waals surface area contributed by atoms with Crippen LogP contribution in [0.15, 0.2) is 0 Å². The summed E-state index contributed by atoms with van der Waals surface area (Å²) in [4.78, 5) is 16.0. The van der Waals surface area contributed by atoms with E-state index < -0.39 is 0 Å². The second kappa shape index (κ2) is 10.1. The topological polar surface area (TPSA) is 23.6 Å². The molecular formula is C12H25BrN2O. The van der Waals surface area contributed by atoms with Gasteiger partial charge in [-0.25, -0.2) is 0 Å². The molecule has 0 aromatic heterocycles. The first-order valence-electron chi connectivity index (χ1n) is 6.10. The van der Waals surface area contributed by atoms with Crippen LogP contribution in [0.5, 0.6) is 0 Å². The minimum atomic E-state index is 0.310. The number of amides is 1. The van der Waals surface area contributed by atoms with Crippen molar-refractivity contribution in [2.45, 2.75) is 32.6 Å². The van der Waals surface area contributed by atoms with Gasteiger partial charge in [-0.05, 0) is 33.4 Å². The Kier molecular flexibility index (Phi) is 10.0. The molecule has 0 rings (SSSR count). The molecule has 0 atom stereocenters. The summed E-state index contributed by atoms with van der Waals surface area (Å²) in [5, 5.41) is 0.992. The van der Waals surface area contributed by atoms with Crippen LogP contribution in [0.3, 0.4) is 0 Å². The standard InChI is InChI=1S/C12H25BrN2O/c1-4-9-15(11-10-14(2)3)12(16)7-5-6-8-13/h4-11H2,1-3H3. The fourth-order valence-corrected chi connectivity index (χ4v) is 1.88. The summed E-state index contributed by atoms with van der Waals surface area (Å²) in [5.41, 5.74) is 0. The number of halogens is 1. The number of rotatable bonds is 9. The zero-order valence-electron chi connectivity index (χ0n) is 10.8. The molecule has 3 nitrogen and oxygen atoms in total. The Morgan fingerprint density at radius 1 is 1.12 bits per heavy atom. The summed E-state index contributed by atoms with van der Waals surface area (Å²) in [6.07, 6.45) is 3.81. The van der Waals surface area contributed by atoms with Gasteiger partial charge in [0.1, 0.15) is 0 Å². The average molecular weight is 293 g/mol. The van der Waals surface area contributed by atoms with Gasteiger partial charge >= 0.3 is 0 Å². The molecule has 16 heavy (non-hydrogen) atoms. The lowest BCUT2D eigenvalue weighted by molar-refractivity contribution is -0.131. The largest absolute Gasteiger partial charge is 0.341 e. The van der Waals surface area contributed by atoms with Crippen LogP contribution in [-0.4, -0.2) is 54.8 Å². The molecule has 0 unspecified atom stereocenters. The van der Waals surface area contributed by atoms with Gasteiger partial charge in [0.05, 0.1) is 0 Å². The summed E-state index contributed by atoms with van der Waals surface area (Å²) in [6, 6.07) is 0. The molecule has 0 N–H and O–H groups in total. The maximum absolute atomic E-state index is 11.9. The number of carbonyl (C=O) groups is 1. The summed E-state index contributed by atoms with van der Waals surface area (Å²) >= 11 is 3.39. The van der Waals surface area contributed by atoms with Crippen molar-refractivity contribution in [3.8, 4) is 0 Å². The quantitative estimate of drug-likeness (QED) is 0.481. The van der Waals surface area contributed by atoms with Gasteiger partial charge in [0.25, 0.3) is 0 Å². The molecule has 0 heterocycles.